The molecule has 6 atom stereocenters. The van der Waals surface area contributed by atoms with Crippen LogP contribution in [0.5, 0.6) is 0 Å². The molecule has 5 nitrogen and oxygen atoms in total. The van der Waals surface area contributed by atoms with Crippen molar-refractivity contribution >= 4 is 0 Å². The van der Waals surface area contributed by atoms with E-state index in [1.165, 1.54) is 12.8 Å². The van der Waals surface area contributed by atoms with Crippen LogP contribution >= 0.6 is 0 Å². The summed E-state index contributed by atoms with van der Waals surface area (Å²) >= 11 is 0. The fourth-order valence-corrected chi connectivity index (χ4v) is 5.54. The first-order valence-corrected chi connectivity index (χ1v) is 12.7. The molecule has 0 heterocycles. The number of aliphatic hydroxyl groups is 2. The molecule has 0 spiro atoms. The van der Waals surface area contributed by atoms with Gasteiger partial charge in [0.15, 0.2) is 11.5 Å². The Morgan fingerprint density at radius 2 is 1.94 bits per heavy atom. The molecule has 2 N–H and O–H groups in total. The summed E-state index contributed by atoms with van der Waals surface area (Å²) in [5.74, 6) is 2.02. The van der Waals surface area contributed by atoms with E-state index in [1.807, 2.05) is 6.92 Å². The maximum absolute atomic E-state index is 10.0. The molecule has 33 heavy (non-hydrogen) atoms. The molecule has 2 aliphatic carbocycles. The summed E-state index contributed by atoms with van der Waals surface area (Å²) in [4.78, 5) is 13.4. The largest absolute Gasteiger partial charge is 0.504 e. The minimum absolute atomic E-state index is 0.0126. The zero-order chi connectivity index (χ0) is 25.0. The highest BCUT2D eigenvalue weighted by molar-refractivity contribution is 5.13. The molecule has 0 aliphatic heterocycles. The molecule has 4 unspecified atom stereocenters. The Balaban J connectivity index is 2.07. The van der Waals surface area contributed by atoms with Gasteiger partial charge in [-0.3, -0.25) is 4.90 Å². The first-order valence-electron chi connectivity index (χ1n) is 12.7. The number of hydrogen-bond acceptors (Lipinski definition) is 5. The van der Waals surface area contributed by atoms with E-state index >= 15 is 0 Å². The van der Waals surface area contributed by atoms with E-state index in [9.17, 15) is 10.2 Å². The Morgan fingerprint density at radius 1 is 1.27 bits per heavy atom. The molecule has 1 fully saturated rings. The van der Waals surface area contributed by atoms with Crippen molar-refractivity contribution in [2.75, 3.05) is 20.2 Å². The van der Waals surface area contributed by atoms with Crippen molar-refractivity contribution in [3.05, 3.63) is 35.8 Å². The lowest BCUT2D eigenvalue weighted by Crippen LogP contribution is -2.50. The van der Waals surface area contributed by atoms with Crippen LogP contribution in [0.3, 0.4) is 0 Å². The van der Waals surface area contributed by atoms with Crippen LogP contribution in [0.15, 0.2) is 35.8 Å². The van der Waals surface area contributed by atoms with Gasteiger partial charge in [0.1, 0.15) is 6.10 Å². The molecule has 2 aliphatic rings. The number of rotatable bonds is 12. The van der Waals surface area contributed by atoms with Gasteiger partial charge in [0.05, 0.1) is 5.54 Å². The van der Waals surface area contributed by atoms with Gasteiger partial charge in [0.25, 0.3) is 0 Å². The Bertz CT molecular complexity index is 742. The minimum Gasteiger partial charge on any atom is -0.504 e. The van der Waals surface area contributed by atoms with E-state index < -0.39 is 0 Å². The Kier molecular flexibility index (Phi) is 9.28. The zero-order valence-corrected chi connectivity index (χ0v) is 22.5. The lowest BCUT2D eigenvalue weighted by molar-refractivity contribution is -0.279. The quantitative estimate of drug-likeness (QED) is 0.115. The van der Waals surface area contributed by atoms with Crippen LogP contribution in [0, 0.1) is 28.6 Å². The first-order chi connectivity index (χ1) is 15.3. The molecule has 2 rings (SSSR count). The summed E-state index contributed by atoms with van der Waals surface area (Å²) in [6, 6.07) is 0. The third-order valence-electron chi connectivity index (χ3n) is 9.25. The van der Waals surface area contributed by atoms with Gasteiger partial charge in [-0.05, 0) is 74.8 Å². The van der Waals surface area contributed by atoms with Gasteiger partial charge in [-0.15, -0.1) is 0 Å². The Labute approximate surface area is 202 Å². The summed E-state index contributed by atoms with van der Waals surface area (Å²) < 4.78 is 0. The summed E-state index contributed by atoms with van der Waals surface area (Å²) in [6.45, 7) is 18.7. The van der Waals surface area contributed by atoms with Crippen LogP contribution in [0.4, 0.5) is 0 Å². The second-order valence-electron chi connectivity index (χ2n) is 11.6. The minimum atomic E-state index is -0.102. The fraction of sp³-hybridized carbons (Fsp3) is 0.786. The standard InChI is InChI=1S/C28H49NO4/c1-10-11-24(31)22(4)32-33-25-18-28(25,8)29(9)19-21(3)27(7,16-17-30)26(5,6)23-14-12-20(2)13-15-23/h10-12,14,20-21,23,25,30-31H,13,15-19H2,1-9H3/b11-10-,24-22+/t20-,21?,23?,25?,27?,28+/m1/s1. The van der Waals surface area contributed by atoms with Gasteiger partial charge in [-0.1, -0.05) is 52.8 Å². The monoisotopic (exact) mass is 463 g/mol. The molecular weight excluding hydrogens is 414 g/mol. The van der Waals surface area contributed by atoms with Crippen LogP contribution in [0.25, 0.3) is 0 Å². The molecule has 0 aromatic carbocycles. The predicted octanol–water partition coefficient (Wildman–Crippen LogP) is 6.42. The Morgan fingerprint density at radius 3 is 2.48 bits per heavy atom. The summed E-state index contributed by atoms with van der Waals surface area (Å²) in [6.07, 6.45) is 12.3. The van der Waals surface area contributed by atoms with Gasteiger partial charge in [-0.2, -0.15) is 4.89 Å². The third-order valence-corrected chi connectivity index (χ3v) is 9.25. The highest BCUT2D eigenvalue weighted by Crippen LogP contribution is 2.55. The second-order valence-corrected chi connectivity index (χ2v) is 11.6. The molecule has 0 aromatic rings. The molecule has 0 radical (unpaired) electrons. The van der Waals surface area contributed by atoms with Gasteiger partial charge in [-0.25, -0.2) is 0 Å². The van der Waals surface area contributed by atoms with E-state index in [1.54, 1.807) is 19.1 Å². The molecule has 190 valence electrons. The smallest absolute Gasteiger partial charge is 0.180 e. The summed E-state index contributed by atoms with van der Waals surface area (Å²) in [7, 11) is 2.16. The lowest BCUT2D eigenvalue weighted by atomic mass is 9.52. The number of aliphatic hydroxyl groups excluding tert-OH is 2. The third kappa shape index (κ3) is 6.04. The number of hydrogen-bond donors (Lipinski definition) is 2. The van der Waals surface area contributed by atoms with E-state index in [0.717, 1.165) is 19.4 Å². The van der Waals surface area contributed by atoms with Gasteiger partial charge < -0.3 is 15.1 Å². The van der Waals surface area contributed by atoms with Gasteiger partial charge >= 0.3 is 0 Å². The van der Waals surface area contributed by atoms with E-state index in [2.05, 4.69) is 65.6 Å². The average molecular weight is 464 g/mol. The number of likely N-dealkylation sites (N-methyl/N-ethyl adjacent to an activating group) is 1. The summed E-state index contributed by atoms with van der Waals surface area (Å²) in [5, 5.41) is 19.9. The first kappa shape index (κ1) is 27.9. The van der Waals surface area contributed by atoms with Gasteiger partial charge in [0, 0.05) is 26.5 Å². The van der Waals surface area contributed by atoms with Crippen molar-refractivity contribution in [2.45, 2.75) is 92.7 Å². The molecular formula is C28H49NO4. The van der Waals surface area contributed by atoms with Crippen LogP contribution in [-0.4, -0.2) is 47.0 Å². The van der Waals surface area contributed by atoms with E-state index in [0.29, 0.717) is 23.5 Å². The topological polar surface area (TPSA) is 62.2 Å². The molecule has 0 saturated heterocycles. The fourth-order valence-electron chi connectivity index (χ4n) is 5.54. The van der Waals surface area contributed by atoms with Crippen LogP contribution in [0.1, 0.15) is 81.1 Å². The van der Waals surface area contributed by atoms with Crippen LogP contribution in [0.2, 0.25) is 0 Å². The van der Waals surface area contributed by atoms with E-state index in [-0.39, 0.29) is 34.8 Å². The highest BCUT2D eigenvalue weighted by atomic mass is 17.2. The summed E-state index contributed by atoms with van der Waals surface area (Å²) in [5.41, 5.74) is -0.0428. The molecule has 5 heteroatoms. The molecule has 0 amide bonds. The van der Waals surface area contributed by atoms with Crippen molar-refractivity contribution in [1.82, 2.24) is 4.90 Å². The molecule has 1 saturated carbocycles. The highest BCUT2D eigenvalue weighted by Gasteiger charge is 2.57. The SMILES string of the molecule is C/C=C\C(O)=C(\C)OOC1C[C@]1(C)N(C)CC(C)C(C)(CCO)C(C)(C)C1C=C[C@@H](C)CC1. The van der Waals surface area contributed by atoms with Crippen molar-refractivity contribution < 1.29 is 20.0 Å². The zero-order valence-electron chi connectivity index (χ0n) is 22.5. The maximum Gasteiger partial charge on any atom is 0.180 e. The Hall–Kier alpha value is -1.30. The molecule has 0 aromatic heterocycles. The predicted molar refractivity (Wildman–Crippen MR) is 136 cm³/mol. The molecule has 0 bridgehead atoms. The van der Waals surface area contributed by atoms with E-state index in [4.69, 9.17) is 9.78 Å². The number of nitrogens with zero attached hydrogens (tertiary/aromatic N) is 1. The normalized spacial score (nSPS) is 31.4. The van der Waals surface area contributed by atoms with Crippen molar-refractivity contribution in [2.24, 2.45) is 28.6 Å². The second kappa shape index (κ2) is 11.0. The number of allylic oxidation sites excluding steroid dienone is 5. The van der Waals surface area contributed by atoms with Gasteiger partial charge in [0.2, 0.25) is 0 Å². The maximum atomic E-state index is 10.0. The lowest BCUT2D eigenvalue weighted by Gasteiger charge is -2.53. The van der Waals surface area contributed by atoms with Crippen LogP contribution in [-0.2, 0) is 9.78 Å². The van der Waals surface area contributed by atoms with Crippen molar-refractivity contribution in [3.8, 4) is 0 Å². The average Bonchev–Trinajstić information content (AvgIpc) is 3.43. The van der Waals surface area contributed by atoms with Crippen molar-refractivity contribution in [1.29, 1.82) is 0 Å². The van der Waals surface area contributed by atoms with Crippen molar-refractivity contribution in [3.63, 3.8) is 0 Å². The van der Waals surface area contributed by atoms with Crippen LogP contribution < -0.4 is 0 Å².